The highest BCUT2D eigenvalue weighted by Gasteiger charge is 2.27. The number of anilines is 1. The van der Waals surface area contributed by atoms with Crippen molar-refractivity contribution in [1.29, 1.82) is 0 Å². The van der Waals surface area contributed by atoms with Gasteiger partial charge in [-0.05, 0) is 31.5 Å². The van der Waals surface area contributed by atoms with E-state index in [1.807, 2.05) is 0 Å². The number of benzene rings is 1. The minimum atomic E-state index is -4.82. The molecule has 14 heteroatoms. The van der Waals surface area contributed by atoms with Crippen molar-refractivity contribution in [1.82, 2.24) is 20.3 Å². The molecule has 1 aliphatic heterocycles. The molecule has 1 aliphatic rings. The second kappa shape index (κ2) is 10.9. The number of ether oxygens (including phenoxy) is 1. The summed E-state index contributed by atoms with van der Waals surface area (Å²) in [7, 11) is -4.82. The smallest absolute Gasteiger partial charge is 0.269 e. The number of nitrogens with zero attached hydrogens (tertiary/aromatic N) is 3. The maximum absolute atomic E-state index is 14.6. The number of rotatable bonds is 8. The normalized spacial score (nSPS) is 18.9. The predicted octanol–water partition coefficient (Wildman–Crippen LogP) is 3.88. The molecule has 1 aromatic carbocycles. The minimum Gasteiger partial charge on any atom is -0.435 e. The van der Waals surface area contributed by atoms with Crippen LogP contribution in [0.15, 0.2) is 36.7 Å². The van der Waals surface area contributed by atoms with Gasteiger partial charge in [0.2, 0.25) is 17.6 Å². The first-order valence-corrected chi connectivity index (χ1v) is 12.8. The van der Waals surface area contributed by atoms with Crippen molar-refractivity contribution in [2.75, 3.05) is 18.4 Å². The van der Waals surface area contributed by atoms with Crippen LogP contribution in [-0.2, 0) is 15.9 Å². The molecule has 3 N–H and O–H groups in total. The summed E-state index contributed by atoms with van der Waals surface area (Å²) in [6.45, 7) is 2.67. The molecule has 3 unspecified atom stereocenters. The first kappa shape index (κ1) is 26.7. The van der Waals surface area contributed by atoms with Crippen molar-refractivity contribution in [3.63, 3.8) is 0 Å². The zero-order valence-electron chi connectivity index (χ0n) is 19.5. The molecule has 198 valence electrons. The third kappa shape index (κ3) is 6.50. The van der Waals surface area contributed by atoms with Gasteiger partial charge < -0.3 is 15.4 Å². The topological polar surface area (TPSA) is 126 Å². The van der Waals surface area contributed by atoms with Crippen molar-refractivity contribution >= 4 is 16.1 Å². The Morgan fingerprint density at radius 3 is 2.70 bits per heavy atom. The summed E-state index contributed by atoms with van der Waals surface area (Å²) in [6.07, 6.45) is 2.36. The van der Waals surface area contributed by atoms with Crippen LogP contribution in [0.1, 0.15) is 18.9 Å². The standard InChI is InChI=1S/C23H23F4N5O4S/c1-12(24)13-7-14(10-28-9-13)31-23-30-6-4-18(32-23)15-3-2-5-29-22(15)36-19-8-17(25)16(11-37(33,34)35)20(26)21(19)27/h2-6,8,12-14,28H,7,9-11H2,1H3,(H,30,31,32)(H,33,34,35). The summed E-state index contributed by atoms with van der Waals surface area (Å²) < 4.78 is 93.4. The molecule has 3 atom stereocenters. The SMILES string of the molecule is CC(F)C1CNCC(Nc2nccc(-c3cccnc3Oc3cc(F)c(CS(=O)(=O)O)c(F)c3F)n2)C1. The van der Waals surface area contributed by atoms with Crippen LogP contribution < -0.4 is 15.4 Å². The van der Waals surface area contributed by atoms with E-state index >= 15 is 0 Å². The minimum absolute atomic E-state index is 0.127. The van der Waals surface area contributed by atoms with Crippen LogP contribution in [0.3, 0.4) is 0 Å². The van der Waals surface area contributed by atoms with E-state index in [0.717, 1.165) is 0 Å². The van der Waals surface area contributed by atoms with Gasteiger partial charge in [0.25, 0.3) is 10.1 Å². The van der Waals surface area contributed by atoms with Crippen LogP contribution in [0.2, 0.25) is 0 Å². The highest BCUT2D eigenvalue weighted by atomic mass is 32.2. The summed E-state index contributed by atoms with van der Waals surface area (Å²) in [4.78, 5) is 12.6. The first-order valence-electron chi connectivity index (χ1n) is 11.2. The van der Waals surface area contributed by atoms with Crippen LogP contribution in [0.5, 0.6) is 11.6 Å². The number of hydrogen-bond donors (Lipinski definition) is 3. The number of nitrogens with one attached hydrogen (secondary N) is 2. The van der Waals surface area contributed by atoms with E-state index in [4.69, 9.17) is 9.29 Å². The van der Waals surface area contributed by atoms with Crippen molar-refractivity contribution < 1.29 is 35.3 Å². The van der Waals surface area contributed by atoms with Gasteiger partial charge in [-0.1, -0.05) is 0 Å². The van der Waals surface area contributed by atoms with Crippen molar-refractivity contribution in [2.45, 2.75) is 31.3 Å². The van der Waals surface area contributed by atoms with Crippen LogP contribution in [-0.4, -0.2) is 53.2 Å². The Labute approximate surface area is 210 Å². The Kier molecular flexibility index (Phi) is 7.90. The molecular formula is C23H23F4N5O4S. The molecule has 3 aromatic rings. The largest absolute Gasteiger partial charge is 0.435 e. The number of alkyl halides is 1. The Hall–Kier alpha value is -3.36. The van der Waals surface area contributed by atoms with E-state index in [1.165, 1.54) is 31.5 Å². The third-order valence-corrected chi connectivity index (χ3v) is 6.48. The summed E-state index contributed by atoms with van der Waals surface area (Å²) in [5.74, 6) is -7.41. The van der Waals surface area contributed by atoms with Gasteiger partial charge in [0.05, 0.1) is 11.3 Å². The fraction of sp³-hybridized carbons (Fsp3) is 0.348. The Bertz CT molecular complexity index is 1390. The first-order chi connectivity index (χ1) is 17.5. The summed E-state index contributed by atoms with van der Waals surface area (Å²) >= 11 is 0. The molecule has 9 nitrogen and oxygen atoms in total. The van der Waals surface area contributed by atoms with Crippen molar-refractivity contribution in [3.8, 4) is 22.9 Å². The van der Waals surface area contributed by atoms with Gasteiger partial charge in [-0.15, -0.1) is 0 Å². The van der Waals surface area contributed by atoms with Gasteiger partial charge in [-0.2, -0.15) is 12.8 Å². The molecule has 0 spiro atoms. The summed E-state index contributed by atoms with van der Waals surface area (Å²) in [5.41, 5.74) is -0.627. The molecule has 3 heterocycles. The van der Waals surface area contributed by atoms with E-state index in [-0.39, 0.29) is 29.4 Å². The molecule has 4 rings (SSSR count). The number of aromatic nitrogens is 3. The molecule has 1 saturated heterocycles. The lowest BCUT2D eigenvalue weighted by atomic mass is 9.92. The predicted molar refractivity (Wildman–Crippen MR) is 126 cm³/mol. The number of piperidine rings is 1. The van der Waals surface area contributed by atoms with Gasteiger partial charge >= 0.3 is 0 Å². The van der Waals surface area contributed by atoms with Crippen LogP contribution >= 0.6 is 0 Å². The zero-order valence-corrected chi connectivity index (χ0v) is 20.3. The van der Waals surface area contributed by atoms with Crippen LogP contribution in [0, 0.1) is 23.4 Å². The fourth-order valence-corrected chi connectivity index (χ4v) is 4.60. The lowest BCUT2D eigenvalue weighted by molar-refractivity contribution is 0.202. The van der Waals surface area contributed by atoms with Gasteiger partial charge in [0.1, 0.15) is 17.7 Å². The third-order valence-electron chi connectivity index (χ3n) is 5.82. The Balaban J connectivity index is 1.60. The average molecular weight is 542 g/mol. The monoisotopic (exact) mass is 541 g/mol. The van der Waals surface area contributed by atoms with Crippen LogP contribution in [0.25, 0.3) is 11.3 Å². The van der Waals surface area contributed by atoms with E-state index in [0.29, 0.717) is 31.3 Å². The van der Waals surface area contributed by atoms with E-state index in [1.54, 1.807) is 6.07 Å². The maximum atomic E-state index is 14.6. The zero-order chi connectivity index (χ0) is 26.7. The Morgan fingerprint density at radius 1 is 1.19 bits per heavy atom. The second-order valence-corrected chi connectivity index (χ2v) is 10.0. The number of hydrogen-bond acceptors (Lipinski definition) is 8. The van der Waals surface area contributed by atoms with Gasteiger partial charge in [0, 0.05) is 49.1 Å². The molecule has 0 aliphatic carbocycles. The molecule has 0 amide bonds. The molecular weight excluding hydrogens is 518 g/mol. The van der Waals surface area contributed by atoms with E-state index < -0.39 is 50.8 Å². The summed E-state index contributed by atoms with van der Waals surface area (Å²) in [5, 5.41) is 6.32. The van der Waals surface area contributed by atoms with E-state index in [2.05, 4.69) is 25.6 Å². The summed E-state index contributed by atoms with van der Waals surface area (Å²) in [6, 6.07) is 4.94. The van der Waals surface area contributed by atoms with Gasteiger partial charge in [0.15, 0.2) is 11.6 Å². The quantitative estimate of drug-likeness (QED) is 0.221. The highest BCUT2D eigenvalue weighted by Crippen LogP contribution is 2.34. The van der Waals surface area contributed by atoms with E-state index in [9.17, 15) is 26.0 Å². The highest BCUT2D eigenvalue weighted by molar-refractivity contribution is 7.85. The lowest BCUT2D eigenvalue weighted by Crippen LogP contribution is -2.45. The van der Waals surface area contributed by atoms with Crippen LogP contribution in [0.4, 0.5) is 23.5 Å². The molecule has 37 heavy (non-hydrogen) atoms. The average Bonchev–Trinajstić information content (AvgIpc) is 2.85. The lowest BCUT2D eigenvalue weighted by Gasteiger charge is -2.31. The second-order valence-electron chi connectivity index (χ2n) is 8.59. The number of halogens is 4. The number of pyridine rings is 1. The fourth-order valence-electron chi connectivity index (χ4n) is 3.97. The molecule has 0 saturated carbocycles. The molecule has 0 radical (unpaired) electrons. The Morgan fingerprint density at radius 2 is 1.97 bits per heavy atom. The van der Waals surface area contributed by atoms with Crippen molar-refractivity contribution in [3.05, 3.63) is 59.7 Å². The van der Waals surface area contributed by atoms with Gasteiger partial charge in [-0.3, -0.25) is 4.55 Å². The molecule has 0 bridgehead atoms. The maximum Gasteiger partial charge on any atom is 0.269 e. The molecule has 2 aromatic heterocycles. The van der Waals surface area contributed by atoms with Crippen molar-refractivity contribution in [2.24, 2.45) is 5.92 Å². The van der Waals surface area contributed by atoms with Gasteiger partial charge in [-0.25, -0.2) is 28.1 Å². The molecule has 1 fully saturated rings.